The maximum Gasteiger partial charge on any atom is 0.224 e. The summed E-state index contributed by atoms with van der Waals surface area (Å²) in [6, 6.07) is 14.5. The van der Waals surface area contributed by atoms with Crippen molar-refractivity contribution >= 4 is 17.3 Å². The summed E-state index contributed by atoms with van der Waals surface area (Å²) >= 11 is 0. The van der Waals surface area contributed by atoms with Crippen LogP contribution in [0.3, 0.4) is 0 Å². The second-order valence-electron chi connectivity index (χ2n) is 7.10. The largest absolute Gasteiger partial charge is 0.370 e. The average molecular weight is 396 g/mol. The number of halogens is 1. The minimum absolute atomic E-state index is 0.178. The van der Waals surface area contributed by atoms with Crippen molar-refractivity contribution in [1.82, 2.24) is 20.2 Å². The summed E-state index contributed by atoms with van der Waals surface area (Å²) in [5, 5.41) is 15.1. The van der Waals surface area contributed by atoms with Gasteiger partial charge in [-0.1, -0.05) is 30.3 Å². The number of amides is 1. The molecule has 0 unspecified atom stereocenters. The van der Waals surface area contributed by atoms with Crippen LogP contribution in [0, 0.1) is 5.82 Å². The third-order valence-electron chi connectivity index (χ3n) is 4.63. The number of rotatable bonds is 8. The van der Waals surface area contributed by atoms with E-state index in [0.717, 1.165) is 5.56 Å². The van der Waals surface area contributed by atoms with E-state index in [0.29, 0.717) is 30.2 Å². The molecule has 1 N–H and O–H groups in total. The Hall–Kier alpha value is -3.29. The van der Waals surface area contributed by atoms with E-state index in [9.17, 15) is 9.18 Å². The molecule has 0 saturated carbocycles. The number of carbonyl (C=O) groups is 1. The lowest BCUT2D eigenvalue weighted by Crippen LogP contribution is -2.26. The average Bonchev–Trinajstić information content (AvgIpc) is 3.17. The Bertz CT molecular complexity index is 957. The standard InChI is InChI=1S/C21H25FN6O/c1-15(2)27(3)19-12-11-17(14-18(19)22)23-20(29)10-7-13-28-25-21(24-26-28)16-8-5-4-6-9-16/h4-6,8-9,11-12,14-15H,7,10,13H2,1-3H3,(H,23,29). The molecular weight excluding hydrogens is 371 g/mol. The topological polar surface area (TPSA) is 75.9 Å². The van der Waals surface area contributed by atoms with Crippen LogP contribution >= 0.6 is 0 Å². The summed E-state index contributed by atoms with van der Waals surface area (Å²) in [5.41, 5.74) is 1.84. The molecule has 0 fully saturated rings. The van der Waals surface area contributed by atoms with Gasteiger partial charge in [-0.3, -0.25) is 4.79 Å². The van der Waals surface area contributed by atoms with Gasteiger partial charge in [0.15, 0.2) is 0 Å². The molecule has 2 aromatic carbocycles. The van der Waals surface area contributed by atoms with Crippen molar-refractivity contribution in [2.24, 2.45) is 0 Å². The molecule has 0 atom stereocenters. The lowest BCUT2D eigenvalue weighted by Gasteiger charge is -2.24. The van der Waals surface area contributed by atoms with Gasteiger partial charge in [-0.25, -0.2) is 4.39 Å². The van der Waals surface area contributed by atoms with Gasteiger partial charge >= 0.3 is 0 Å². The summed E-state index contributed by atoms with van der Waals surface area (Å²) in [5.74, 6) is 0.00833. The zero-order valence-corrected chi connectivity index (χ0v) is 16.8. The van der Waals surface area contributed by atoms with Crippen molar-refractivity contribution in [1.29, 1.82) is 0 Å². The molecule has 0 aliphatic carbocycles. The number of aromatic nitrogens is 4. The van der Waals surface area contributed by atoms with Crippen molar-refractivity contribution in [2.75, 3.05) is 17.3 Å². The Morgan fingerprint density at radius 1 is 1.21 bits per heavy atom. The molecule has 1 aromatic heterocycles. The highest BCUT2D eigenvalue weighted by Crippen LogP contribution is 2.23. The van der Waals surface area contributed by atoms with E-state index in [1.54, 1.807) is 12.1 Å². The number of nitrogens with one attached hydrogen (secondary N) is 1. The van der Waals surface area contributed by atoms with Crippen molar-refractivity contribution in [3.8, 4) is 11.4 Å². The summed E-state index contributed by atoms with van der Waals surface area (Å²) in [7, 11) is 1.84. The highest BCUT2D eigenvalue weighted by molar-refractivity contribution is 5.90. The van der Waals surface area contributed by atoms with Gasteiger partial charge in [0.05, 0.1) is 12.2 Å². The first-order chi connectivity index (χ1) is 13.9. The van der Waals surface area contributed by atoms with E-state index in [1.165, 1.54) is 10.9 Å². The van der Waals surface area contributed by atoms with E-state index < -0.39 is 0 Å². The summed E-state index contributed by atoms with van der Waals surface area (Å²) in [6.45, 7) is 4.45. The van der Waals surface area contributed by atoms with Crippen molar-refractivity contribution in [3.05, 3.63) is 54.3 Å². The van der Waals surface area contributed by atoms with Gasteiger partial charge in [-0.05, 0) is 43.7 Å². The van der Waals surface area contributed by atoms with Crippen molar-refractivity contribution in [3.63, 3.8) is 0 Å². The number of aryl methyl sites for hydroxylation is 1. The van der Waals surface area contributed by atoms with Gasteiger partial charge in [0, 0.05) is 30.8 Å². The smallest absolute Gasteiger partial charge is 0.224 e. The van der Waals surface area contributed by atoms with Crippen LogP contribution in [-0.2, 0) is 11.3 Å². The molecule has 1 heterocycles. The Morgan fingerprint density at radius 3 is 2.66 bits per heavy atom. The predicted octanol–water partition coefficient (Wildman–Crippen LogP) is 3.74. The van der Waals surface area contributed by atoms with E-state index in [-0.39, 0.29) is 24.2 Å². The first-order valence-corrected chi connectivity index (χ1v) is 9.59. The van der Waals surface area contributed by atoms with E-state index in [1.807, 2.05) is 56.1 Å². The number of hydrogen-bond acceptors (Lipinski definition) is 5. The Morgan fingerprint density at radius 2 is 1.97 bits per heavy atom. The maximum absolute atomic E-state index is 14.3. The quantitative estimate of drug-likeness (QED) is 0.628. The van der Waals surface area contributed by atoms with Gasteiger partial charge in [0.25, 0.3) is 0 Å². The molecule has 0 bridgehead atoms. The molecule has 3 aromatic rings. The third kappa shape index (κ3) is 5.37. The first-order valence-electron chi connectivity index (χ1n) is 9.59. The second kappa shape index (κ2) is 9.27. The highest BCUT2D eigenvalue weighted by Gasteiger charge is 2.12. The van der Waals surface area contributed by atoms with Crippen LogP contribution in [0.25, 0.3) is 11.4 Å². The molecule has 0 saturated heterocycles. The summed E-state index contributed by atoms with van der Waals surface area (Å²) in [6.07, 6.45) is 0.824. The van der Waals surface area contributed by atoms with Gasteiger partial charge in [0.2, 0.25) is 11.7 Å². The van der Waals surface area contributed by atoms with E-state index in [4.69, 9.17) is 0 Å². The zero-order chi connectivity index (χ0) is 20.8. The SMILES string of the molecule is CC(C)N(C)c1ccc(NC(=O)CCCn2nnc(-c3ccccc3)n2)cc1F. The monoisotopic (exact) mass is 396 g/mol. The molecular formula is C21H25FN6O. The molecule has 29 heavy (non-hydrogen) atoms. The number of benzene rings is 2. The van der Waals surface area contributed by atoms with Crippen LogP contribution in [0.5, 0.6) is 0 Å². The molecule has 0 aliphatic rings. The zero-order valence-electron chi connectivity index (χ0n) is 16.8. The highest BCUT2D eigenvalue weighted by atomic mass is 19.1. The fourth-order valence-corrected chi connectivity index (χ4v) is 2.79. The summed E-state index contributed by atoms with van der Waals surface area (Å²) in [4.78, 5) is 15.5. The second-order valence-corrected chi connectivity index (χ2v) is 7.10. The molecule has 152 valence electrons. The van der Waals surface area contributed by atoms with E-state index in [2.05, 4.69) is 20.7 Å². The van der Waals surface area contributed by atoms with Crippen LogP contribution in [0.4, 0.5) is 15.8 Å². The Balaban J connectivity index is 1.49. The molecule has 0 radical (unpaired) electrons. The summed E-state index contributed by atoms with van der Waals surface area (Å²) < 4.78 is 14.3. The maximum atomic E-state index is 14.3. The lowest BCUT2D eigenvalue weighted by molar-refractivity contribution is -0.116. The van der Waals surface area contributed by atoms with E-state index >= 15 is 0 Å². The predicted molar refractivity (Wildman–Crippen MR) is 111 cm³/mol. The lowest BCUT2D eigenvalue weighted by atomic mass is 10.2. The normalized spacial score (nSPS) is 10.9. The Kier molecular flexibility index (Phi) is 6.54. The van der Waals surface area contributed by atoms with Crippen LogP contribution in [0.2, 0.25) is 0 Å². The first kappa shape index (κ1) is 20.4. The molecule has 7 nitrogen and oxygen atoms in total. The van der Waals surface area contributed by atoms with Crippen LogP contribution in [0.1, 0.15) is 26.7 Å². The van der Waals surface area contributed by atoms with Crippen LogP contribution in [0.15, 0.2) is 48.5 Å². The molecule has 3 rings (SSSR count). The van der Waals surface area contributed by atoms with Crippen LogP contribution < -0.4 is 10.2 Å². The number of anilines is 2. The fourth-order valence-electron chi connectivity index (χ4n) is 2.79. The number of tetrazole rings is 1. The minimum atomic E-state index is -0.362. The molecule has 0 spiro atoms. The van der Waals surface area contributed by atoms with Crippen molar-refractivity contribution < 1.29 is 9.18 Å². The minimum Gasteiger partial charge on any atom is -0.370 e. The van der Waals surface area contributed by atoms with Crippen LogP contribution in [-0.4, -0.2) is 39.2 Å². The third-order valence-corrected chi connectivity index (χ3v) is 4.63. The molecule has 0 aliphatic heterocycles. The number of hydrogen-bond donors (Lipinski definition) is 1. The number of nitrogens with zero attached hydrogens (tertiary/aromatic N) is 5. The molecule has 1 amide bonds. The van der Waals surface area contributed by atoms with Gasteiger partial charge < -0.3 is 10.2 Å². The fraction of sp³-hybridized carbons (Fsp3) is 0.333. The van der Waals surface area contributed by atoms with Gasteiger partial charge in [-0.2, -0.15) is 4.80 Å². The van der Waals surface area contributed by atoms with Gasteiger partial charge in [0.1, 0.15) is 5.82 Å². The molecule has 8 heteroatoms. The number of carbonyl (C=O) groups excluding carboxylic acids is 1. The van der Waals surface area contributed by atoms with Gasteiger partial charge in [-0.15, -0.1) is 10.2 Å². The Labute approximate surface area is 169 Å². The van der Waals surface area contributed by atoms with Crippen molar-refractivity contribution in [2.45, 2.75) is 39.3 Å².